The summed E-state index contributed by atoms with van der Waals surface area (Å²) in [5.74, 6) is 0.587. The van der Waals surface area contributed by atoms with Gasteiger partial charge in [-0.3, -0.25) is 0 Å². The molecule has 0 bridgehead atoms. The number of aromatic nitrogens is 2. The van der Waals surface area contributed by atoms with Gasteiger partial charge in [-0.05, 0) is 12.1 Å². The van der Waals surface area contributed by atoms with Crippen molar-refractivity contribution in [3.05, 3.63) is 12.1 Å². The Labute approximate surface area is 86.6 Å². The van der Waals surface area contributed by atoms with E-state index in [1.54, 1.807) is 0 Å². The van der Waals surface area contributed by atoms with E-state index >= 15 is 0 Å². The largest absolute Gasteiger partial charge is 0.394 e. The van der Waals surface area contributed by atoms with E-state index in [9.17, 15) is 0 Å². The van der Waals surface area contributed by atoms with E-state index in [1.807, 2.05) is 0 Å². The lowest BCUT2D eigenvalue weighted by atomic mass is 10.0. The summed E-state index contributed by atoms with van der Waals surface area (Å²) in [6, 6.07) is 3.06. The van der Waals surface area contributed by atoms with Crippen molar-refractivity contribution in [1.29, 1.82) is 0 Å². The van der Waals surface area contributed by atoms with Crippen molar-refractivity contribution < 1.29 is 15.3 Å². The van der Waals surface area contributed by atoms with E-state index < -0.39 is 25.4 Å². The quantitative estimate of drug-likeness (QED) is 0.391. The van der Waals surface area contributed by atoms with Crippen molar-refractivity contribution in [2.24, 2.45) is 0 Å². The highest BCUT2D eigenvalue weighted by Crippen LogP contribution is 2.12. The summed E-state index contributed by atoms with van der Waals surface area (Å²) in [6.07, 6.45) is 0. The zero-order valence-corrected chi connectivity index (χ0v) is 8.09. The average Bonchev–Trinajstić information content (AvgIpc) is 2.29. The van der Waals surface area contributed by atoms with Crippen LogP contribution in [0.15, 0.2) is 12.1 Å². The summed E-state index contributed by atoms with van der Waals surface area (Å²) in [6.45, 7) is -1.27. The number of hydrogen-bond donors (Lipinski definition) is 5. The molecule has 0 unspecified atom stereocenters. The van der Waals surface area contributed by atoms with E-state index in [1.165, 1.54) is 12.1 Å². The van der Waals surface area contributed by atoms with Crippen LogP contribution in [0.1, 0.15) is 0 Å². The van der Waals surface area contributed by atoms with Gasteiger partial charge in [0, 0.05) is 0 Å². The van der Waals surface area contributed by atoms with Crippen LogP contribution in [0, 0.1) is 0 Å². The van der Waals surface area contributed by atoms with Gasteiger partial charge in [-0.1, -0.05) is 0 Å². The first-order valence-electron chi connectivity index (χ1n) is 4.36. The van der Waals surface area contributed by atoms with Gasteiger partial charge in [0.25, 0.3) is 0 Å². The van der Waals surface area contributed by atoms with Gasteiger partial charge >= 0.3 is 0 Å². The first-order chi connectivity index (χ1) is 7.15. The maximum absolute atomic E-state index is 9.04. The van der Waals surface area contributed by atoms with Gasteiger partial charge in [0.15, 0.2) is 0 Å². The van der Waals surface area contributed by atoms with Gasteiger partial charge in [-0.2, -0.15) is 0 Å². The number of aliphatic hydroxyl groups is 3. The average molecular weight is 214 g/mol. The van der Waals surface area contributed by atoms with Crippen molar-refractivity contribution >= 4 is 11.6 Å². The molecule has 0 saturated heterocycles. The van der Waals surface area contributed by atoms with E-state index in [-0.39, 0.29) is 5.82 Å². The van der Waals surface area contributed by atoms with Crippen molar-refractivity contribution in [2.45, 2.75) is 5.54 Å². The molecule has 7 heteroatoms. The molecule has 0 amide bonds. The Bertz CT molecular complexity index is 291. The van der Waals surface area contributed by atoms with Gasteiger partial charge < -0.3 is 26.4 Å². The molecule has 1 aromatic rings. The van der Waals surface area contributed by atoms with Gasteiger partial charge in [0.2, 0.25) is 0 Å². The number of rotatable bonds is 5. The molecule has 0 spiro atoms. The molecule has 1 rings (SSSR count). The number of anilines is 2. The van der Waals surface area contributed by atoms with Crippen LogP contribution in [0.2, 0.25) is 0 Å². The molecule has 1 aromatic heterocycles. The topological polar surface area (TPSA) is 125 Å². The van der Waals surface area contributed by atoms with Gasteiger partial charge in [-0.15, -0.1) is 10.2 Å². The summed E-state index contributed by atoms with van der Waals surface area (Å²) >= 11 is 0. The predicted molar refractivity (Wildman–Crippen MR) is 54.1 cm³/mol. The van der Waals surface area contributed by atoms with E-state index in [2.05, 4.69) is 15.5 Å². The highest BCUT2D eigenvalue weighted by Gasteiger charge is 2.28. The van der Waals surface area contributed by atoms with Crippen LogP contribution in [-0.4, -0.2) is 50.9 Å². The smallest absolute Gasteiger partial charge is 0.149 e. The first-order valence-corrected chi connectivity index (χ1v) is 4.36. The lowest BCUT2D eigenvalue weighted by Crippen LogP contribution is -2.49. The van der Waals surface area contributed by atoms with Gasteiger partial charge in [-0.25, -0.2) is 0 Å². The molecule has 15 heavy (non-hydrogen) atoms. The van der Waals surface area contributed by atoms with Gasteiger partial charge in [0.1, 0.15) is 17.2 Å². The molecule has 1 heterocycles. The standard InChI is InChI=1S/C8H14N4O3/c9-6-1-2-7(12-11-6)10-8(3-13,4-14)5-15/h1-2,13-15H,3-5H2,(H2,9,11)(H,10,12). The van der Waals surface area contributed by atoms with E-state index in [4.69, 9.17) is 21.1 Å². The Balaban J connectivity index is 2.78. The summed E-state index contributed by atoms with van der Waals surface area (Å²) in [7, 11) is 0. The fourth-order valence-corrected chi connectivity index (χ4v) is 0.950. The predicted octanol–water partition coefficient (Wildman–Crippen LogP) is -1.81. The molecule has 0 aliphatic heterocycles. The number of nitrogen functional groups attached to an aromatic ring is 1. The van der Waals surface area contributed by atoms with Crippen molar-refractivity contribution in [3.63, 3.8) is 0 Å². The lowest BCUT2D eigenvalue weighted by Gasteiger charge is -2.28. The van der Waals surface area contributed by atoms with Crippen LogP contribution in [-0.2, 0) is 0 Å². The molecule has 0 aliphatic rings. The SMILES string of the molecule is Nc1ccc(NC(CO)(CO)CO)nn1. The number of nitrogens with zero attached hydrogens (tertiary/aromatic N) is 2. The summed E-state index contributed by atoms with van der Waals surface area (Å²) < 4.78 is 0. The molecule has 0 aliphatic carbocycles. The third-order valence-corrected chi connectivity index (χ3v) is 1.99. The number of aliphatic hydroxyl groups excluding tert-OH is 3. The summed E-state index contributed by atoms with van der Waals surface area (Å²) in [5, 5.41) is 37.1. The number of nitrogens with two attached hydrogens (primary N) is 1. The van der Waals surface area contributed by atoms with Crippen LogP contribution < -0.4 is 11.1 Å². The molecule has 0 fully saturated rings. The minimum atomic E-state index is -1.20. The van der Waals surface area contributed by atoms with Crippen LogP contribution in [0.4, 0.5) is 11.6 Å². The summed E-state index contributed by atoms with van der Waals surface area (Å²) in [4.78, 5) is 0. The van der Waals surface area contributed by atoms with Crippen molar-refractivity contribution in [3.8, 4) is 0 Å². The first kappa shape index (κ1) is 11.6. The molecule has 0 saturated carbocycles. The van der Waals surface area contributed by atoms with E-state index in [0.29, 0.717) is 5.82 Å². The molecule has 0 atom stereocenters. The Morgan fingerprint density at radius 3 is 2.13 bits per heavy atom. The zero-order valence-electron chi connectivity index (χ0n) is 8.09. The highest BCUT2D eigenvalue weighted by atomic mass is 16.3. The fourth-order valence-electron chi connectivity index (χ4n) is 0.950. The lowest BCUT2D eigenvalue weighted by molar-refractivity contribution is 0.0830. The molecular weight excluding hydrogens is 200 g/mol. The minimum Gasteiger partial charge on any atom is -0.394 e. The Hall–Kier alpha value is -1.44. The summed E-state index contributed by atoms with van der Waals surface area (Å²) in [5.41, 5.74) is 4.13. The van der Waals surface area contributed by atoms with Crippen LogP contribution in [0.3, 0.4) is 0 Å². The third-order valence-electron chi connectivity index (χ3n) is 1.99. The maximum atomic E-state index is 9.04. The third kappa shape index (κ3) is 2.75. The van der Waals surface area contributed by atoms with Crippen molar-refractivity contribution in [1.82, 2.24) is 10.2 Å². The molecule has 0 radical (unpaired) electrons. The second-order valence-corrected chi connectivity index (χ2v) is 3.22. The maximum Gasteiger partial charge on any atom is 0.149 e. The Morgan fingerprint density at radius 1 is 1.13 bits per heavy atom. The minimum absolute atomic E-state index is 0.267. The van der Waals surface area contributed by atoms with Crippen LogP contribution in [0.5, 0.6) is 0 Å². The van der Waals surface area contributed by atoms with Crippen LogP contribution >= 0.6 is 0 Å². The number of hydrogen-bond acceptors (Lipinski definition) is 7. The Morgan fingerprint density at radius 2 is 1.73 bits per heavy atom. The Kier molecular flexibility index (Phi) is 3.78. The van der Waals surface area contributed by atoms with Crippen molar-refractivity contribution in [2.75, 3.05) is 30.9 Å². The normalized spacial score (nSPS) is 11.4. The molecule has 84 valence electrons. The monoisotopic (exact) mass is 214 g/mol. The molecule has 6 N–H and O–H groups in total. The highest BCUT2D eigenvalue weighted by molar-refractivity contribution is 5.41. The van der Waals surface area contributed by atoms with Gasteiger partial charge in [0.05, 0.1) is 19.8 Å². The second-order valence-electron chi connectivity index (χ2n) is 3.22. The van der Waals surface area contributed by atoms with E-state index in [0.717, 1.165) is 0 Å². The van der Waals surface area contributed by atoms with Crippen LogP contribution in [0.25, 0.3) is 0 Å². The second kappa shape index (κ2) is 4.87. The number of nitrogens with one attached hydrogen (secondary N) is 1. The molecule has 0 aromatic carbocycles. The molecular formula is C8H14N4O3. The fraction of sp³-hybridized carbons (Fsp3) is 0.500. The molecule has 7 nitrogen and oxygen atoms in total. The zero-order chi connectivity index (χ0) is 11.3.